The largest absolute Gasteiger partial charge is 0.272 e. The molecule has 0 aliphatic carbocycles. The third kappa shape index (κ3) is 4.03. The van der Waals surface area contributed by atoms with Crippen molar-refractivity contribution in [2.75, 3.05) is 0 Å². The van der Waals surface area contributed by atoms with Crippen molar-refractivity contribution in [3.63, 3.8) is 0 Å². The summed E-state index contributed by atoms with van der Waals surface area (Å²) in [6.07, 6.45) is 0. The van der Waals surface area contributed by atoms with Crippen LogP contribution in [0.3, 0.4) is 0 Å². The minimum absolute atomic E-state index is 0.245. The molecule has 0 saturated carbocycles. The van der Waals surface area contributed by atoms with Crippen molar-refractivity contribution in [2.24, 2.45) is 5.10 Å². The van der Waals surface area contributed by atoms with E-state index in [-0.39, 0.29) is 16.4 Å². The second-order valence-electron chi connectivity index (χ2n) is 4.27. The minimum atomic E-state index is -0.446. The first-order chi connectivity index (χ1) is 9.97. The van der Waals surface area contributed by atoms with E-state index in [1.54, 1.807) is 25.1 Å². The van der Waals surface area contributed by atoms with Gasteiger partial charge < -0.3 is 0 Å². The van der Waals surface area contributed by atoms with Crippen molar-refractivity contribution in [1.29, 1.82) is 0 Å². The molecule has 1 amide bonds. The van der Waals surface area contributed by atoms with E-state index >= 15 is 0 Å². The summed E-state index contributed by atoms with van der Waals surface area (Å²) in [4.78, 5) is 12.0. The van der Waals surface area contributed by atoms with Crippen LogP contribution in [0.1, 0.15) is 22.8 Å². The molecule has 0 aliphatic rings. The molecule has 0 fully saturated rings. The van der Waals surface area contributed by atoms with Gasteiger partial charge in [0.25, 0.3) is 5.91 Å². The number of benzene rings is 2. The normalized spacial score (nSPS) is 11.3. The number of hydrogen-bond acceptors (Lipinski definition) is 2. The summed E-state index contributed by atoms with van der Waals surface area (Å²) >= 11 is 11.7. The van der Waals surface area contributed by atoms with Crippen LogP contribution in [0, 0.1) is 5.82 Å². The molecule has 1 N–H and O–H groups in total. The number of hydrogen-bond donors (Lipinski definition) is 1. The van der Waals surface area contributed by atoms with E-state index in [2.05, 4.69) is 10.5 Å². The molecular weight excluding hydrogens is 314 g/mol. The van der Waals surface area contributed by atoms with Gasteiger partial charge >= 0.3 is 0 Å². The second-order valence-corrected chi connectivity index (χ2v) is 5.11. The third-order valence-electron chi connectivity index (χ3n) is 2.76. The first kappa shape index (κ1) is 15.5. The first-order valence-electron chi connectivity index (χ1n) is 6.03. The van der Waals surface area contributed by atoms with Gasteiger partial charge in [0.05, 0.1) is 16.3 Å². The van der Waals surface area contributed by atoms with Crippen molar-refractivity contribution in [2.45, 2.75) is 6.92 Å². The lowest BCUT2D eigenvalue weighted by Crippen LogP contribution is -2.19. The van der Waals surface area contributed by atoms with Crippen LogP contribution in [0.15, 0.2) is 47.6 Å². The summed E-state index contributed by atoms with van der Waals surface area (Å²) in [6, 6.07) is 10.4. The highest BCUT2D eigenvalue weighted by Crippen LogP contribution is 2.20. The van der Waals surface area contributed by atoms with Gasteiger partial charge in [-0.05, 0) is 42.8 Å². The standard InChI is InChI=1S/C15H11Cl2FN2O/c1-9(10-2-5-12(18)6-3-10)19-20-15(21)13-7-4-11(16)8-14(13)17/h2-8H,1H3,(H,20,21)/b19-9+. The number of nitrogens with one attached hydrogen (secondary N) is 1. The van der Waals surface area contributed by atoms with Crippen molar-refractivity contribution >= 4 is 34.8 Å². The summed E-state index contributed by atoms with van der Waals surface area (Å²) in [5.41, 5.74) is 3.93. The fourth-order valence-electron chi connectivity index (χ4n) is 1.62. The topological polar surface area (TPSA) is 41.5 Å². The Hall–Kier alpha value is -1.91. The quantitative estimate of drug-likeness (QED) is 0.664. The second kappa shape index (κ2) is 6.70. The molecule has 21 heavy (non-hydrogen) atoms. The van der Waals surface area contributed by atoms with E-state index in [1.807, 2.05) is 0 Å². The van der Waals surface area contributed by atoms with Gasteiger partial charge in [0.2, 0.25) is 0 Å². The highest BCUT2D eigenvalue weighted by Gasteiger charge is 2.10. The van der Waals surface area contributed by atoms with Crippen LogP contribution in [0.2, 0.25) is 10.0 Å². The number of carbonyl (C=O) groups is 1. The van der Waals surface area contributed by atoms with E-state index in [9.17, 15) is 9.18 Å². The highest BCUT2D eigenvalue weighted by atomic mass is 35.5. The van der Waals surface area contributed by atoms with Crippen LogP contribution in [0.25, 0.3) is 0 Å². The number of halogens is 3. The van der Waals surface area contributed by atoms with Crippen LogP contribution in [0.4, 0.5) is 4.39 Å². The average Bonchev–Trinajstić information content (AvgIpc) is 2.45. The molecule has 2 aromatic carbocycles. The summed E-state index contributed by atoms with van der Waals surface area (Å²) in [5.74, 6) is -0.776. The predicted octanol–water partition coefficient (Wildman–Crippen LogP) is 4.29. The minimum Gasteiger partial charge on any atom is -0.267 e. The molecule has 0 radical (unpaired) electrons. The summed E-state index contributed by atoms with van der Waals surface area (Å²) in [5, 5.41) is 4.66. The van der Waals surface area contributed by atoms with Crippen LogP contribution >= 0.6 is 23.2 Å². The Bertz CT molecular complexity index is 699. The van der Waals surface area contributed by atoms with E-state index in [4.69, 9.17) is 23.2 Å². The van der Waals surface area contributed by atoms with Gasteiger partial charge in [-0.3, -0.25) is 4.79 Å². The fraction of sp³-hybridized carbons (Fsp3) is 0.0667. The van der Waals surface area contributed by atoms with E-state index in [1.165, 1.54) is 24.3 Å². The lowest BCUT2D eigenvalue weighted by molar-refractivity contribution is 0.0955. The number of nitrogens with zero attached hydrogens (tertiary/aromatic N) is 1. The van der Waals surface area contributed by atoms with Crippen molar-refractivity contribution in [3.05, 3.63) is 69.5 Å². The van der Waals surface area contributed by atoms with Crippen molar-refractivity contribution in [3.8, 4) is 0 Å². The maximum atomic E-state index is 12.8. The number of rotatable bonds is 3. The molecule has 0 unspecified atom stereocenters. The number of carbonyl (C=O) groups excluding carboxylic acids is 1. The van der Waals surface area contributed by atoms with Crippen LogP contribution in [-0.2, 0) is 0 Å². The molecule has 108 valence electrons. The number of hydrazone groups is 1. The van der Waals surface area contributed by atoms with Crippen LogP contribution in [0.5, 0.6) is 0 Å². The van der Waals surface area contributed by atoms with Gasteiger partial charge in [-0.15, -0.1) is 0 Å². The summed E-state index contributed by atoms with van der Waals surface area (Å²) < 4.78 is 12.8. The Morgan fingerprint density at radius 2 is 1.81 bits per heavy atom. The summed E-state index contributed by atoms with van der Waals surface area (Å²) in [6.45, 7) is 1.71. The monoisotopic (exact) mass is 324 g/mol. The summed E-state index contributed by atoms with van der Waals surface area (Å²) in [7, 11) is 0. The Balaban J connectivity index is 2.12. The maximum Gasteiger partial charge on any atom is 0.272 e. The fourth-order valence-corrected chi connectivity index (χ4v) is 2.12. The number of amides is 1. The highest BCUT2D eigenvalue weighted by molar-refractivity contribution is 6.36. The van der Waals surface area contributed by atoms with Gasteiger partial charge in [0.1, 0.15) is 5.82 Å². The lowest BCUT2D eigenvalue weighted by atomic mass is 10.1. The van der Waals surface area contributed by atoms with E-state index < -0.39 is 5.91 Å². The zero-order valence-electron chi connectivity index (χ0n) is 11.0. The molecule has 2 aromatic rings. The first-order valence-corrected chi connectivity index (χ1v) is 6.78. The lowest BCUT2D eigenvalue weighted by Gasteiger charge is -2.05. The Morgan fingerprint density at radius 1 is 1.14 bits per heavy atom. The van der Waals surface area contributed by atoms with Crippen LogP contribution in [-0.4, -0.2) is 11.6 Å². The van der Waals surface area contributed by atoms with Gasteiger partial charge in [-0.25, -0.2) is 9.82 Å². The predicted molar refractivity (Wildman–Crippen MR) is 82.5 cm³/mol. The maximum absolute atomic E-state index is 12.8. The molecule has 0 aromatic heterocycles. The molecule has 6 heteroatoms. The van der Waals surface area contributed by atoms with Gasteiger partial charge in [0.15, 0.2) is 0 Å². The zero-order chi connectivity index (χ0) is 15.4. The van der Waals surface area contributed by atoms with Gasteiger partial charge in [0, 0.05) is 5.02 Å². The Kier molecular flexibility index (Phi) is 4.94. The Morgan fingerprint density at radius 3 is 2.43 bits per heavy atom. The molecule has 3 nitrogen and oxygen atoms in total. The molecule has 0 bridgehead atoms. The molecule has 0 aliphatic heterocycles. The molecule has 0 atom stereocenters. The van der Waals surface area contributed by atoms with Gasteiger partial charge in [-0.1, -0.05) is 35.3 Å². The van der Waals surface area contributed by atoms with Crippen molar-refractivity contribution < 1.29 is 9.18 Å². The van der Waals surface area contributed by atoms with Gasteiger partial charge in [-0.2, -0.15) is 5.10 Å². The smallest absolute Gasteiger partial charge is 0.267 e. The SMILES string of the molecule is C/C(=N\NC(=O)c1ccc(Cl)cc1Cl)c1ccc(F)cc1. The zero-order valence-corrected chi connectivity index (χ0v) is 12.5. The van der Waals surface area contributed by atoms with Crippen molar-refractivity contribution in [1.82, 2.24) is 5.43 Å². The average molecular weight is 325 g/mol. The molecule has 2 rings (SSSR count). The Labute approximate surface area is 131 Å². The van der Waals surface area contributed by atoms with E-state index in [0.29, 0.717) is 16.3 Å². The van der Waals surface area contributed by atoms with Crippen LogP contribution < -0.4 is 5.43 Å². The molecule has 0 spiro atoms. The molecular formula is C15H11Cl2FN2O. The third-order valence-corrected chi connectivity index (χ3v) is 3.31. The van der Waals surface area contributed by atoms with E-state index in [0.717, 1.165) is 0 Å². The molecule has 0 saturated heterocycles. The molecule has 0 heterocycles.